The summed E-state index contributed by atoms with van der Waals surface area (Å²) in [4.78, 5) is 52.2. The number of aliphatic hydroxyl groups excluding tert-OH is 2. The molecule has 3 N–H and O–H groups in total. The molecule has 0 unspecified atom stereocenters. The van der Waals surface area contributed by atoms with Gasteiger partial charge in [-0.15, -0.1) is 0 Å². The molecule has 1 spiro atoms. The Balaban J connectivity index is 1.85. The number of hydrogen-bond donors (Lipinski definition) is 3. The Kier molecular flexibility index (Phi) is 8.00. The highest BCUT2D eigenvalue weighted by atomic mass is 16.6. The van der Waals surface area contributed by atoms with Gasteiger partial charge in [-0.1, -0.05) is 38.6 Å². The lowest BCUT2D eigenvalue weighted by Gasteiger charge is -2.61. The summed E-state index contributed by atoms with van der Waals surface area (Å²) >= 11 is 0. The largest absolute Gasteiger partial charge is 0.459 e. The van der Waals surface area contributed by atoms with Crippen molar-refractivity contribution in [3.63, 3.8) is 0 Å². The maximum absolute atomic E-state index is 13.8. The van der Waals surface area contributed by atoms with Crippen molar-refractivity contribution in [3.8, 4) is 0 Å². The van der Waals surface area contributed by atoms with Crippen LogP contribution < -0.4 is 0 Å². The number of benzene rings is 1. The Hall–Kier alpha value is -3.32. The van der Waals surface area contributed by atoms with Crippen LogP contribution in [0.25, 0.3) is 0 Å². The molecule has 2 bridgehead atoms. The molecule has 2 saturated heterocycles. The molecule has 2 heterocycles. The summed E-state index contributed by atoms with van der Waals surface area (Å²) in [6, 6.07) is 7.98. The van der Waals surface area contributed by atoms with Gasteiger partial charge in [0.15, 0.2) is 12.2 Å². The van der Waals surface area contributed by atoms with Crippen LogP contribution >= 0.6 is 0 Å². The Labute approximate surface area is 261 Å². The fourth-order valence-electron chi connectivity index (χ4n) is 8.91. The predicted octanol–water partition coefficient (Wildman–Crippen LogP) is 1.87. The van der Waals surface area contributed by atoms with E-state index in [9.17, 15) is 34.5 Å². The maximum atomic E-state index is 13.8. The summed E-state index contributed by atoms with van der Waals surface area (Å²) in [6.07, 6.45) is -7.24. The fourth-order valence-corrected chi connectivity index (χ4v) is 8.91. The molecule has 45 heavy (non-hydrogen) atoms. The first-order chi connectivity index (χ1) is 20.9. The topological polar surface area (TPSA) is 175 Å². The van der Waals surface area contributed by atoms with E-state index in [2.05, 4.69) is 6.58 Å². The first kappa shape index (κ1) is 33.1. The van der Waals surface area contributed by atoms with Gasteiger partial charge in [-0.2, -0.15) is 0 Å². The SMILES string of the molecule is C=C(C)[C@@]1(OC(=O)c2ccccc2)[C@H](OC(C)=O)[C@@H]2[C@H](OC(C)=O)[C@]3(C)O[C@@]4([C@@H]3O)[C@@H](O)[C@@H](C)C[C@H]4[C@@]2(O)[C@H](C)[C@@H]1OC(C)=O. The minimum Gasteiger partial charge on any atom is -0.459 e. The second-order valence-electron chi connectivity index (χ2n) is 13.4. The first-order valence-electron chi connectivity index (χ1n) is 15.1. The van der Waals surface area contributed by atoms with Crippen LogP contribution in [0.2, 0.25) is 0 Å². The lowest BCUT2D eigenvalue weighted by molar-refractivity contribution is -0.391. The zero-order chi connectivity index (χ0) is 33.4. The molecule has 0 amide bonds. The van der Waals surface area contributed by atoms with E-state index in [1.165, 1.54) is 26.0 Å². The van der Waals surface area contributed by atoms with Crippen molar-refractivity contribution in [1.82, 2.24) is 0 Å². The molecule has 1 aromatic carbocycles. The molecule has 2 aliphatic heterocycles. The van der Waals surface area contributed by atoms with Crippen LogP contribution in [0.15, 0.2) is 42.5 Å². The Bertz CT molecular complexity index is 1410. The molecule has 12 heteroatoms. The van der Waals surface area contributed by atoms with E-state index in [1.54, 1.807) is 32.0 Å². The number of aliphatic hydroxyl groups is 3. The first-order valence-corrected chi connectivity index (χ1v) is 15.1. The molecule has 6 rings (SSSR count). The van der Waals surface area contributed by atoms with Gasteiger partial charge in [0.2, 0.25) is 5.60 Å². The van der Waals surface area contributed by atoms with Gasteiger partial charge in [0.05, 0.1) is 23.2 Å². The van der Waals surface area contributed by atoms with E-state index < -0.39 is 100 Å². The average Bonchev–Trinajstić information content (AvgIpc) is 3.17. The number of ether oxygens (including phenoxy) is 5. The minimum absolute atomic E-state index is 0.109. The van der Waals surface area contributed by atoms with Crippen LogP contribution in [0, 0.1) is 23.7 Å². The van der Waals surface area contributed by atoms with Gasteiger partial charge < -0.3 is 39.0 Å². The smallest absolute Gasteiger partial charge is 0.339 e. The van der Waals surface area contributed by atoms with Crippen molar-refractivity contribution in [1.29, 1.82) is 0 Å². The molecular formula is C33H42O12. The molecule has 13 atom stereocenters. The van der Waals surface area contributed by atoms with Crippen molar-refractivity contribution >= 4 is 23.9 Å². The molecule has 0 radical (unpaired) electrons. The third-order valence-electron chi connectivity index (χ3n) is 10.7. The number of carbonyl (C=O) groups is 4. The standard InChI is InChI=1S/C33H42O12/c1-15(2)32(44-28(38)21-12-10-9-11-13-21)25(41-18(5)34)17(4)31(40)22-14-16(3)24(37)33(22)29(39)30(8,45-33)26(42-19(6)35)23(31)27(32)43-20(7)36/h9-13,16-17,22-27,29,37,39-40H,1,14H2,2-8H3/t16-,17+,22-,23-,24-,25-,26-,27+,29+,30-,31-,32-,33+/m0/s1. The van der Waals surface area contributed by atoms with Crippen LogP contribution in [-0.2, 0) is 38.1 Å². The Morgan fingerprint density at radius 1 is 0.889 bits per heavy atom. The lowest BCUT2D eigenvalue weighted by atomic mass is 9.52. The van der Waals surface area contributed by atoms with E-state index in [4.69, 9.17) is 23.7 Å². The number of hydrogen-bond acceptors (Lipinski definition) is 12. The number of rotatable bonds is 6. The van der Waals surface area contributed by atoms with Gasteiger partial charge in [-0.3, -0.25) is 14.4 Å². The summed E-state index contributed by atoms with van der Waals surface area (Å²) < 4.78 is 30.5. The highest BCUT2D eigenvalue weighted by Crippen LogP contribution is 2.70. The second-order valence-corrected chi connectivity index (χ2v) is 13.4. The predicted molar refractivity (Wildman–Crippen MR) is 155 cm³/mol. The van der Waals surface area contributed by atoms with Crippen molar-refractivity contribution in [2.75, 3.05) is 0 Å². The van der Waals surface area contributed by atoms with Crippen molar-refractivity contribution in [3.05, 3.63) is 48.0 Å². The van der Waals surface area contributed by atoms with Crippen molar-refractivity contribution in [2.24, 2.45) is 23.7 Å². The zero-order valence-electron chi connectivity index (χ0n) is 26.5. The molecule has 5 aliphatic rings. The summed E-state index contributed by atoms with van der Waals surface area (Å²) in [7, 11) is 0. The van der Waals surface area contributed by atoms with Gasteiger partial charge >= 0.3 is 23.9 Å². The average molecular weight is 631 g/mol. The van der Waals surface area contributed by atoms with E-state index in [1.807, 2.05) is 0 Å². The van der Waals surface area contributed by atoms with Gasteiger partial charge in [-0.25, -0.2) is 4.79 Å². The second kappa shape index (κ2) is 10.9. The van der Waals surface area contributed by atoms with E-state index in [-0.39, 0.29) is 17.6 Å². The van der Waals surface area contributed by atoms with E-state index in [0.29, 0.717) is 0 Å². The molecule has 3 aliphatic carbocycles. The number of esters is 4. The van der Waals surface area contributed by atoms with E-state index >= 15 is 0 Å². The Morgan fingerprint density at radius 2 is 1.42 bits per heavy atom. The van der Waals surface area contributed by atoms with Crippen molar-refractivity contribution < 1.29 is 58.2 Å². The molecular weight excluding hydrogens is 588 g/mol. The molecule has 3 saturated carbocycles. The summed E-state index contributed by atoms with van der Waals surface area (Å²) in [5, 5.41) is 36.6. The molecule has 0 aromatic heterocycles. The van der Waals surface area contributed by atoms with Crippen LogP contribution in [0.3, 0.4) is 0 Å². The highest BCUT2D eigenvalue weighted by Gasteiger charge is 2.87. The number of carbonyl (C=O) groups excluding carboxylic acids is 4. The third kappa shape index (κ3) is 4.39. The van der Waals surface area contributed by atoms with Crippen LogP contribution in [0.5, 0.6) is 0 Å². The van der Waals surface area contributed by atoms with Crippen LogP contribution in [0.4, 0.5) is 0 Å². The molecule has 5 fully saturated rings. The quantitative estimate of drug-likeness (QED) is 0.237. The minimum atomic E-state index is -2.13. The van der Waals surface area contributed by atoms with Crippen molar-refractivity contribution in [2.45, 2.75) is 108 Å². The molecule has 1 aromatic rings. The summed E-state index contributed by atoms with van der Waals surface area (Å²) in [5.74, 6) is -7.39. The summed E-state index contributed by atoms with van der Waals surface area (Å²) in [5.41, 5.74) is -7.41. The third-order valence-corrected chi connectivity index (χ3v) is 10.7. The van der Waals surface area contributed by atoms with Gasteiger partial charge in [0.25, 0.3) is 0 Å². The molecule has 246 valence electrons. The monoisotopic (exact) mass is 630 g/mol. The lowest BCUT2D eigenvalue weighted by Crippen LogP contribution is -2.79. The van der Waals surface area contributed by atoms with E-state index in [0.717, 1.165) is 20.8 Å². The van der Waals surface area contributed by atoms with Crippen LogP contribution in [-0.4, -0.2) is 92.1 Å². The maximum Gasteiger partial charge on any atom is 0.339 e. The highest BCUT2D eigenvalue weighted by molar-refractivity contribution is 5.90. The summed E-state index contributed by atoms with van der Waals surface area (Å²) in [6.45, 7) is 13.8. The van der Waals surface area contributed by atoms with Gasteiger partial charge in [0, 0.05) is 32.6 Å². The van der Waals surface area contributed by atoms with Gasteiger partial charge in [0.1, 0.15) is 23.4 Å². The fraction of sp³-hybridized carbons (Fsp3) is 0.636. The van der Waals surface area contributed by atoms with Gasteiger partial charge in [-0.05, 0) is 43.9 Å². The normalized spacial score (nSPS) is 44.6. The Morgan fingerprint density at radius 3 is 1.93 bits per heavy atom. The van der Waals surface area contributed by atoms with Crippen LogP contribution in [0.1, 0.15) is 65.2 Å². The zero-order valence-corrected chi connectivity index (χ0v) is 26.5. The molecule has 12 nitrogen and oxygen atoms in total.